The van der Waals surface area contributed by atoms with Gasteiger partial charge in [0.15, 0.2) is 5.43 Å². The first-order valence-corrected chi connectivity index (χ1v) is 10.2. The molecule has 0 atom stereocenters. The Morgan fingerprint density at radius 1 is 1.00 bits per heavy atom. The van der Waals surface area contributed by atoms with Crippen LogP contribution >= 0.6 is 0 Å². The van der Waals surface area contributed by atoms with E-state index in [4.69, 9.17) is 0 Å². The Hall–Kier alpha value is -4.19. The molecule has 0 amide bonds. The number of rotatable bonds is 6. The van der Waals surface area contributed by atoms with E-state index in [-0.39, 0.29) is 12.2 Å². The molecule has 0 radical (unpaired) electrons. The van der Waals surface area contributed by atoms with Gasteiger partial charge in [-0.15, -0.1) is 0 Å². The van der Waals surface area contributed by atoms with Crippen molar-refractivity contribution in [1.82, 2.24) is 4.57 Å². The molecule has 1 aromatic heterocycles. The van der Waals surface area contributed by atoms with Gasteiger partial charge in [0.2, 0.25) is 0 Å². The van der Waals surface area contributed by atoms with Crippen LogP contribution in [0.15, 0.2) is 83.8 Å². The average Bonchev–Trinajstić information content (AvgIpc) is 2.81. The minimum atomic E-state index is -1.09. The molecule has 1 heterocycles. The van der Waals surface area contributed by atoms with Gasteiger partial charge in [-0.3, -0.25) is 9.59 Å². The predicted octanol–water partition coefficient (Wildman–Crippen LogP) is 4.23. The third kappa shape index (κ3) is 4.16. The number of para-hydroxylation sites is 1. The number of fused-ring (bicyclic) bond motifs is 2. The molecule has 160 valence electrons. The Morgan fingerprint density at radius 2 is 1.72 bits per heavy atom. The minimum absolute atomic E-state index is 0.0354. The van der Waals surface area contributed by atoms with Crippen LogP contribution in [0.1, 0.15) is 18.1 Å². The van der Waals surface area contributed by atoms with Crippen LogP contribution < -0.4 is 5.43 Å². The predicted molar refractivity (Wildman–Crippen MR) is 124 cm³/mol. The lowest BCUT2D eigenvalue weighted by Crippen LogP contribution is -2.18. The van der Waals surface area contributed by atoms with Gasteiger partial charge >= 0.3 is 5.97 Å². The van der Waals surface area contributed by atoms with E-state index in [9.17, 15) is 19.5 Å². The number of aliphatic hydroxyl groups excluding tert-OH is 1. The third-order valence-electron chi connectivity index (χ3n) is 5.17. The molecular weight excluding hydrogens is 406 g/mol. The summed E-state index contributed by atoms with van der Waals surface area (Å²) in [5, 5.41) is 13.1. The quantitative estimate of drug-likeness (QED) is 0.215. The first-order chi connectivity index (χ1) is 15.5. The minimum Gasteiger partial charge on any atom is -0.507 e. The van der Waals surface area contributed by atoms with Gasteiger partial charge in [0.25, 0.3) is 5.78 Å². The monoisotopic (exact) mass is 427 g/mol. The average molecular weight is 427 g/mol. The van der Waals surface area contributed by atoms with Gasteiger partial charge in [-0.2, -0.15) is 0 Å². The summed E-state index contributed by atoms with van der Waals surface area (Å²) < 4.78 is 6.49. The molecular formula is C26H21NO5. The van der Waals surface area contributed by atoms with E-state index in [0.717, 1.165) is 22.4 Å². The fourth-order valence-corrected chi connectivity index (χ4v) is 3.66. The Labute approximate surface area is 184 Å². The molecule has 6 heteroatoms. The number of aliphatic hydroxyl groups is 1. The lowest BCUT2D eigenvalue weighted by atomic mass is 10.1. The number of aromatic nitrogens is 1. The molecule has 3 aromatic carbocycles. The van der Waals surface area contributed by atoms with Crippen molar-refractivity contribution < 1.29 is 19.4 Å². The first-order valence-electron chi connectivity index (χ1n) is 10.2. The Balaban J connectivity index is 1.80. The highest BCUT2D eigenvalue weighted by Gasteiger charge is 2.17. The number of ether oxygens (including phenoxy) is 1. The summed E-state index contributed by atoms with van der Waals surface area (Å²) in [5.74, 6) is -2.69. The zero-order valence-corrected chi connectivity index (χ0v) is 17.4. The zero-order chi connectivity index (χ0) is 22.7. The van der Waals surface area contributed by atoms with Crippen LogP contribution in [0.25, 0.3) is 27.4 Å². The molecule has 6 nitrogen and oxygen atoms in total. The lowest BCUT2D eigenvalue weighted by Gasteiger charge is -2.14. The number of benzene rings is 3. The van der Waals surface area contributed by atoms with E-state index in [1.807, 2.05) is 53.1 Å². The molecule has 0 aliphatic carbocycles. The van der Waals surface area contributed by atoms with Crippen LogP contribution in [0.2, 0.25) is 0 Å². The molecule has 0 saturated carbocycles. The van der Waals surface area contributed by atoms with Crippen LogP contribution in [0.4, 0.5) is 0 Å². The molecule has 0 aliphatic heterocycles. The first kappa shape index (κ1) is 21.1. The second kappa shape index (κ2) is 8.89. The Kier molecular flexibility index (Phi) is 5.85. The van der Waals surface area contributed by atoms with E-state index >= 15 is 0 Å². The van der Waals surface area contributed by atoms with E-state index < -0.39 is 22.9 Å². The standard InChI is InChI=1S/C26H21NO5/c1-2-32-26(31)24(29)14-23(28)21-16-27(22-10-6-5-9-20(22)25(21)30)15-17-11-12-18-7-3-4-8-19(18)13-17/h3-14,16,28H,2,15H2,1H3/b23-14-. The molecule has 1 N–H and O–H groups in total. The third-order valence-corrected chi connectivity index (χ3v) is 5.17. The fraction of sp³-hybridized carbons (Fsp3) is 0.115. The van der Waals surface area contributed by atoms with Crippen molar-refractivity contribution in [3.63, 3.8) is 0 Å². The van der Waals surface area contributed by atoms with Crippen LogP contribution in [-0.4, -0.2) is 28.0 Å². The van der Waals surface area contributed by atoms with Gasteiger partial charge < -0.3 is 14.4 Å². The van der Waals surface area contributed by atoms with Crippen molar-refractivity contribution in [2.24, 2.45) is 0 Å². The number of ketones is 1. The fourth-order valence-electron chi connectivity index (χ4n) is 3.66. The van der Waals surface area contributed by atoms with Crippen LogP contribution in [-0.2, 0) is 20.9 Å². The summed E-state index contributed by atoms with van der Waals surface area (Å²) in [5.41, 5.74) is 1.20. The van der Waals surface area contributed by atoms with Gasteiger partial charge in [-0.25, -0.2) is 4.79 Å². The van der Waals surface area contributed by atoms with Gasteiger partial charge in [0.05, 0.1) is 17.7 Å². The summed E-state index contributed by atoms with van der Waals surface area (Å²) in [6.07, 6.45) is 2.23. The molecule has 0 bridgehead atoms. The highest BCUT2D eigenvalue weighted by molar-refractivity contribution is 6.39. The van der Waals surface area contributed by atoms with E-state index in [2.05, 4.69) is 10.8 Å². The van der Waals surface area contributed by atoms with Gasteiger partial charge in [0.1, 0.15) is 5.76 Å². The van der Waals surface area contributed by atoms with Gasteiger partial charge in [0, 0.05) is 24.2 Å². The van der Waals surface area contributed by atoms with Crippen LogP contribution in [0.5, 0.6) is 0 Å². The van der Waals surface area contributed by atoms with E-state index in [0.29, 0.717) is 17.4 Å². The van der Waals surface area contributed by atoms with E-state index in [1.54, 1.807) is 19.1 Å². The molecule has 0 spiro atoms. The zero-order valence-electron chi connectivity index (χ0n) is 17.4. The lowest BCUT2D eigenvalue weighted by molar-refractivity contribution is -0.151. The van der Waals surface area contributed by atoms with Crippen LogP contribution in [0, 0.1) is 0 Å². The Morgan fingerprint density at radius 3 is 2.50 bits per heavy atom. The second-order valence-corrected chi connectivity index (χ2v) is 7.31. The molecule has 4 rings (SSSR count). The number of hydrogen-bond acceptors (Lipinski definition) is 5. The summed E-state index contributed by atoms with van der Waals surface area (Å²) in [6.45, 7) is 2.05. The smallest absolute Gasteiger partial charge is 0.379 e. The highest BCUT2D eigenvalue weighted by Crippen LogP contribution is 2.20. The van der Waals surface area contributed by atoms with E-state index in [1.165, 1.54) is 6.20 Å². The maximum atomic E-state index is 13.0. The maximum absolute atomic E-state index is 13.0. The molecule has 0 unspecified atom stereocenters. The molecule has 32 heavy (non-hydrogen) atoms. The van der Waals surface area contributed by atoms with Crippen molar-refractivity contribution in [3.8, 4) is 0 Å². The van der Waals surface area contributed by atoms with Crippen molar-refractivity contribution in [2.45, 2.75) is 13.5 Å². The number of hydrogen-bond donors (Lipinski definition) is 1. The summed E-state index contributed by atoms with van der Waals surface area (Å²) in [7, 11) is 0. The molecule has 0 saturated heterocycles. The summed E-state index contributed by atoms with van der Waals surface area (Å²) >= 11 is 0. The summed E-state index contributed by atoms with van der Waals surface area (Å²) in [4.78, 5) is 36.6. The summed E-state index contributed by atoms with van der Waals surface area (Å²) in [6, 6.07) is 21.2. The second-order valence-electron chi connectivity index (χ2n) is 7.31. The van der Waals surface area contributed by atoms with Gasteiger partial charge in [-0.1, -0.05) is 48.5 Å². The van der Waals surface area contributed by atoms with Crippen molar-refractivity contribution in [2.75, 3.05) is 6.61 Å². The number of carbonyl (C=O) groups excluding carboxylic acids is 2. The van der Waals surface area contributed by atoms with Crippen molar-refractivity contribution in [1.29, 1.82) is 0 Å². The normalized spacial score (nSPS) is 11.6. The number of esters is 1. The maximum Gasteiger partial charge on any atom is 0.379 e. The highest BCUT2D eigenvalue weighted by atomic mass is 16.5. The van der Waals surface area contributed by atoms with Crippen molar-refractivity contribution in [3.05, 3.63) is 100 Å². The Bertz CT molecular complexity index is 1430. The van der Waals surface area contributed by atoms with Crippen LogP contribution in [0.3, 0.4) is 0 Å². The molecule has 4 aromatic rings. The number of pyridine rings is 1. The van der Waals surface area contributed by atoms with Gasteiger partial charge in [-0.05, 0) is 41.5 Å². The SMILES string of the molecule is CCOC(=O)C(=O)/C=C(\O)c1cn(Cc2ccc3ccccc3c2)c2ccccc2c1=O. The number of nitrogens with zero attached hydrogens (tertiary/aromatic N) is 1. The number of carbonyl (C=O) groups is 2. The molecule has 0 aliphatic rings. The molecule has 0 fully saturated rings. The largest absolute Gasteiger partial charge is 0.507 e. The topological polar surface area (TPSA) is 85.6 Å². The van der Waals surface area contributed by atoms with Crippen molar-refractivity contribution >= 4 is 39.2 Å².